The van der Waals surface area contributed by atoms with Crippen LogP contribution in [-0.2, 0) is 0 Å². The lowest BCUT2D eigenvalue weighted by Crippen LogP contribution is -2.43. The normalized spacial score (nSPS) is 18.8. The summed E-state index contributed by atoms with van der Waals surface area (Å²) in [5.41, 5.74) is 0.765. The van der Waals surface area contributed by atoms with Crippen molar-refractivity contribution < 1.29 is 4.79 Å². The Balaban J connectivity index is 1.67. The molecule has 1 aromatic heterocycles. The first-order chi connectivity index (χ1) is 10.1. The van der Waals surface area contributed by atoms with Gasteiger partial charge in [0.2, 0.25) is 0 Å². The number of nitrogens with one attached hydrogen (secondary N) is 1. The predicted octanol–water partition coefficient (Wildman–Crippen LogP) is 2.76. The van der Waals surface area contributed by atoms with E-state index < -0.39 is 0 Å². The van der Waals surface area contributed by atoms with E-state index in [1.807, 2.05) is 24.3 Å². The molecule has 0 spiro atoms. The third-order valence-electron chi connectivity index (χ3n) is 4.46. The first-order valence-corrected chi connectivity index (χ1v) is 8.16. The Morgan fingerprint density at radius 3 is 2.86 bits per heavy atom. The molecule has 1 aliphatic rings. The smallest absolute Gasteiger partial charge is 0.271 e. The number of carbonyl (C=O) groups is 1. The fourth-order valence-electron chi connectivity index (χ4n) is 2.76. The fourth-order valence-corrected chi connectivity index (χ4v) is 3.54. The van der Waals surface area contributed by atoms with Gasteiger partial charge in [0.05, 0.1) is 4.70 Å². The van der Waals surface area contributed by atoms with Crippen LogP contribution in [0.15, 0.2) is 24.3 Å². The van der Waals surface area contributed by atoms with Crippen molar-refractivity contribution in [3.8, 4) is 0 Å². The van der Waals surface area contributed by atoms with Gasteiger partial charge in [0, 0.05) is 11.9 Å². The Kier molecular flexibility index (Phi) is 3.95. The molecular formula is C16H21N3OS. The second-order valence-electron chi connectivity index (χ2n) is 6.32. The molecule has 1 amide bonds. The van der Waals surface area contributed by atoms with Gasteiger partial charge in [0.25, 0.3) is 5.91 Å². The molecule has 1 aromatic carbocycles. The van der Waals surface area contributed by atoms with Crippen molar-refractivity contribution in [2.75, 3.05) is 26.7 Å². The topological polar surface area (TPSA) is 45.2 Å². The second kappa shape index (κ2) is 5.73. The van der Waals surface area contributed by atoms with Crippen molar-refractivity contribution in [1.29, 1.82) is 0 Å². The third-order valence-corrected chi connectivity index (χ3v) is 5.29. The minimum atomic E-state index is -0.0485. The number of nitrogens with zero attached hydrogens (tertiary/aromatic N) is 2. The van der Waals surface area contributed by atoms with Crippen LogP contribution in [0.3, 0.4) is 0 Å². The number of rotatable bonds is 3. The molecule has 5 heteroatoms. The summed E-state index contributed by atoms with van der Waals surface area (Å²) in [6, 6.07) is 7.89. The van der Waals surface area contributed by atoms with Crippen LogP contribution >= 0.6 is 11.5 Å². The summed E-state index contributed by atoms with van der Waals surface area (Å²) in [5, 5.41) is 4.04. The van der Waals surface area contributed by atoms with Crippen LogP contribution in [-0.4, -0.2) is 41.9 Å². The lowest BCUT2D eigenvalue weighted by Gasteiger charge is -2.37. The van der Waals surface area contributed by atoms with Gasteiger partial charge in [-0.3, -0.25) is 4.79 Å². The molecule has 0 aliphatic carbocycles. The highest BCUT2D eigenvalue weighted by Crippen LogP contribution is 2.29. The zero-order valence-corrected chi connectivity index (χ0v) is 13.4. The lowest BCUT2D eigenvalue weighted by atomic mass is 9.80. The molecule has 3 rings (SSSR count). The molecule has 0 atom stereocenters. The van der Waals surface area contributed by atoms with E-state index in [4.69, 9.17) is 0 Å². The number of carbonyl (C=O) groups excluding carboxylic acids is 1. The maximum Gasteiger partial charge on any atom is 0.271 e. The number of hydrogen-bond acceptors (Lipinski definition) is 4. The molecule has 0 saturated carbocycles. The predicted molar refractivity (Wildman–Crippen MR) is 86.8 cm³/mol. The molecule has 1 aliphatic heterocycles. The van der Waals surface area contributed by atoms with Gasteiger partial charge in [-0.1, -0.05) is 25.1 Å². The molecule has 112 valence electrons. The Bertz CT molecular complexity index is 644. The Morgan fingerprint density at radius 1 is 1.38 bits per heavy atom. The first kappa shape index (κ1) is 14.5. The zero-order chi connectivity index (χ0) is 14.9. The largest absolute Gasteiger partial charge is 0.350 e. The minimum Gasteiger partial charge on any atom is -0.350 e. The third kappa shape index (κ3) is 3.09. The number of hydrogen-bond donors (Lipinski definition) is 1. The average molecular weight is 303 g/mol. The standard InChI is InChI=1S/C16H21N3OS/c1-16(7-9-19(2)10-8-16)11-17-15(20)14-12-5-3-4-6-13(12)21-18-14/h3-6H,7-11H2,1-2H3,(H,17,20). The molecule has 0 unspecified atom stereocenters. The van der Waals surface area contributed by atoms with E-state index in [1.165, 1.54) is 11.5 Å². The van der Waals surface area contributed by atoms with Crippen LogP contribution in [0.1, 0.15) is 30.3 Å². The van der Waals surface area contributed by atoms with Gasteiger partial charge in [0.1, 0.15) is 5.69 Å². The maximum absolute atomic E-state index is 12.4. The molecule has 21 heavy (non-hydrogen) atoms. The highest BCUT2D eigenvalue weighted by Gasteiger charge is 2.29. The molecule has 1 fully saturated rings. The van der Waals surface area contributed by atoms with Crippen molar-refractivity contribution >= 4 is 27.5 Å². The van der Waals surface area contributed by atoms with E-state index in [9.17, 15) is 4.79 Å². The summed E-state index contributed by atoms with van der Waals surface area (Å²) < 4.78 is 5.38. The highest BCUT2D eigenvalue weighted by atomic mass is 32.1. The Morgan fingerprint density at radius 2 is 2.10 bits per heavy atom. The van der Waals surface area contributed by atoms with Crippen molar-refractivity contribution in [1.82, 2.24) is 14.6 Å². The van der Waals surface area contributed by atoms with Crippen molar-refractivity contribution in [3.05, 3.63) is 30.0 Å². The number of fused-ring (bicyclic) bond motifs is 1. The monoisotopic (exact) mass is 303 g/mol. The minimum absolute atomic E-state index is 0.0485. The number of aromatic nitrogens is 1. The van der Waals surface area contributed by atoms with Gasteiger partial charge in [-0.15, -0.1) is 0 Å². The second-order valence-corrected chi connectivity index (χ2v) is 7.13. The highest BCUT2D eigenvalue weighted by molar-refractivity contribution is 7.13. The van der Waals surface area contributed by atoms with Crippen LogP contribution in [0.5, 0.6) is 0 Å². The summed E-state index contributed by atoms with van der Waals surface area (Å²) in [6.07, 6.45) is 2.25. The van der Waals surface area contributed by atoms with Crippen LogP contribution < -0.4 is 5.32 Å². The van der Waals surface area contributed by atoms with Crippen LogP contribution in [0.2, 0.25) is 0 Å². The van der Waals surface area contributed by atoms with Gasteiger partial charge in [-0.2, -0.15) is 4.37 Å². The van der Waals surface area contributed by atoms with Crippen LogP contribution in [0.25, 0.3) is 10.1 Å². The number of amides is 1. The summed E-state index contributed by atoms with van der Waals surface area (Å²) in [6.45, 7) is 5.20. The van der Waals surface area contributed by atoms with Gasteiger partial charge >= 0.3 is 0 Å². The van der Waals surface area contributed by atoms with Crippen molar-refractivity contribution in [2.24, 2.45) is 5.41 Å². The van der Waals surface area contributed by atoms with E-state index in [0.29, 0.717) is 5.69 Å². The maximum atomic E-state index is 12.4. The number of benzene rings is 1. The Hall–Kier alpha value is -1.46. The lowest BCUT2D eigenvalue weighted by molar-refractivity contribution is 0.0889. The Labute approximate surface area is 129 Å². The van der Waals surface area contributed by atoms with Gasteiger partial charge < -0.3 is 10.2 Å². The summed E-state index contributed by atoms with van der Waals surface area (Å²) >= 11 is 1.39. The van der Waals surface area contributed by atoms with Gasteiger partial charge in [0.15, 0.2) is 0 Å². The van der Waals surface area contributed by atoms with E-state index in [1.54, 1.807) is 0 Å². The van der Waals surface area contributed by atoms with E-state index >= 15 is 0 Å². The average Bonchev–Trinajstić information content (AvgIpc) is 2.92. The molecule has 1 saturated heterocycles. The van der Waals surface area contributed by atoms with E-state index in [-0.39, 0.29) is 11.3 Å². The van der Waals surface area contributed by atoms with E-state index in [0.717, 1.165) is 42.6 Å². The summed E-state index contributed by atoms with van der Waals surface area (Å²) in [7, 11) is 2.15. The van der Waals surface area contributed by atoms with E-state index in [2.05, 4.69) is 28.6 Å². The summed E-state index contributed by atoms with van der Waals surface area (Å²) in [5.74, 6) is -0.0485. The summed E-state index contributed by atoms with van der Waals surface area (Å²) in [4.78, 5) is 14.7. The van der Waals surface area contributed by atoms with Crippen molar-refractivity contribution in [2.45, 2.75) is 19.8 Å². The molecule has 2 aromatic rings. The molecular weight excluding hydrogens is 282 g/mol. The number of piperidine rings is 1. The molecule has 0 bridgehead atoms. The molecule has 1 N–H and O–H groups in total. The number of likely N-dealkylation sites (tertiary alicyclic amines) is 1. The zero-order valence-electron chi connectivity index (χ0n) is 12.6. The SMILES string of the molecule is CN1CCC(C)(CNC(=O)c2nsc3ccccc23)CC1. The molecule has 2 heterocycles. The van der Waals surface area contributed by atoms with Gasteiger partial charge in [-0.25, -0.2) is 0 Å². The quantitative estimate of drug-likeness (QED) is 0.948. The fraction of sp³-hybridized carbons (Fsp3) is 0.500. The van der Waals surface area contributed by atoms with Crippen LogP contribution in [0, 0.1) is 5.41 Å². The van der Waals surface area contributed by atoms with Crippen LogP contribution in [0.4, 0.5) is 0 Å². The first-order valence-electron chi connectivity index (χ1n) is 7.39. The molecule has 0 radical (unpaired) electrons. The van der Waals surface area contributed by atoms with Crippen molar-refractivity contribution in [3.63, 3.8) is 0 Å². The van der Waals surface area contributed by atoms with Gasteiger partial charge in [-0.05, 0) is 56.0 Å². The molecule has 4 nitrogen and oxygen atoms in total.